The third-order valence-corrected chi connectivity index (χ3v) is 6.10. The summed E-state index contributed by atoms with van der Waals surface area (Å²) in [6.07, 6.45) is 0. The maximum atomic E-state index is 12.8. The number of halogens is 4. The zero-order valence-corrected chi connectivity index (χ0v) is 16.0. The van der Waals surface area contributed by atoms with Gasteiger partial charge in [-0.25, -0.2) is 8.42 Å². The van der Waals surface area contributed by atoms with Crippen LogP contribution in [-0.2, 0) is 14.8 Å². The van der Waals surface area contributed by atoms with Crippen molar-refractivity contribution >= 4 is 71.7 Å². The predicted molar refractivity (Wildman–Crippen MR) is 96.0 cm³/mol. The van der Waals surface area contributed by atoms with E-state index in [-0.39, 0.29) is 20.6 Å². The molecule has 122 valence electrons. The smallest absolute Gasteiger partial charge is 0.264 e. The quantitative estimate of drug-likeness (QED) is 0.611. The summed E-state index contributed by atoms with van der Waals surface area (Å²) < 4.78 is 27.2. The normalized spacial score (nSPS) is 11.3. The van der Waals surface area contributed by atoms with Crippen LogP contribution in [0.3, 0.4) is 0 Å². The second-order valence-corrected chi connectivity index (χ2v) is 8.38. The molecule has 0 N–H and O–H groups in total. The lowest BCUT2D eigenvalue weighted by Crippen LogP contribution is -2.34. The Hall–Kier alpha value is -0.790. The monoisotopic (exact) mass is 455 g/mol. The molecule has 2 aromatic carbocycles. The average molecular weight is 458 g/mol. The zero-order valence-electron chi connectivity index (χ0n) is 11.3. The van der Waals surface area contributed by atoms with Crippen LogP contribution in [0.15, 0.2) is 51.8 Å². The molecule has 4 nitrogen and oxygen atoms in total. The van der Waals surface area contributed by atoms with Crippen LogP contribution in [-0.4, -0.2) is 20.2 Å². The van der Waals surface area contributed by atoms with Gasteiger partial charge in [0, 0.05) is 4.47 Å². The van der Waals surface area contributed by atoms with Crippen LogP contribution in [0.4, 0.5) is 5.69 Å². The summed E-state index contributed by atoms with van der Waals surface area (Å²) in [6, 6.07) is 10.5. The van der Waals surface area contributed by atoms with E-state index in [0.717, 1.165) is 8.78 Å². The summed E-state index contributed by atoms with van der Waals surface area (Å²) in [6.45, 7) is -0.569. The largest absolute Gasteiger partial charge is 0.279 e. The van der Waals surface area contributed by atoms with E-state index in [9.17, 15) is 13.2 Å². The Morgan fingerprint density at radius 3 is 2.26 bits per heavy atom. The number of anilines is 1. The van der Waals surface area contributed by atoms with Gasteiger partial charge in [0.1, 0.15) is 6.54 Å². The summed E-state index contributed by atoms with van der Waals surface area (Å²) in [5, 5.41) is -0.656. The maximum Gasteiger partial charge on any atom is 0.264 e. The van der Waals surface area contributed by atoms with Crippen LogP contribution < -0.4 is 4.31 Å². The van der Waals surface area contributed by atoms with Gasteiger partial charge in [0.15, 0.2) is 0 Å². The van der Waals surface area contributed by atoms with Gasteiger partial charge in [0.05, 0.1) is 20.6 Å². The van der Waals surface area contributed by atoms with Crippen molar-refractivity contribution in [2.75, 3.05) is 10.8 Å². The molecule has 0 amide bonds. The molecule has 0 aliphatic rings. The molecule has 0 spiro atoms. The second-order valence-electron chi connectivity index (χ2n) is 4.39. The van der Waals surface area contributed by atoms with Crippen molar-refractivity contribution < 1.29 is 13.2 Å². The van der Waals surface area contributed by atoms with Crippen LogP contribution in [0, 0.1) is 0 Å². The highest BCUT2D eigenvalue weighted by Crippen LogP contribution is 2.35. The second kappa shape index (κ2) is 7.40. The van der Waals surface area contributed by atoms with E-state index in [1.54, 1.807) is 12.1 Å². The molecule has 2 aromatic rings. The lowest BCUT2D eigenvalue weighted by Gasteiger charge is -2.24. The number of rotatable bonds is 5. The molecule has 0 aliphatic heterocycles. The Morgan fingerprint density at radius 2 is 1.70 bits per heavy atom. The number of carbonyl (C=O) groups excluding carboxylic acids is 1. The third kappa shape index (κ3) is 4.19. The van der Waals surface area contributed by atoms with Crippen molar-refractivity contribution in [2.45, 2.75) is 4.90 Å². The highest BCUT2D eigenvalue weighted by Gasteiger charge is 2.28. The zero-order chi connectivity index (χ0) is 17.2. The molecule has 0 heterocycles. The fourth-order valence-corrected chi connectivity index (χ4v) is 4.17. The summed E-state index contributed by atoms with van der Waals surface area (Å²) in [5.41, 5.74) is 0.0797. The van der Waals surface area contributed by atoms with Crippen molar-refractivity contribution in [3.63, 3.8) is 0 Å². The Bertz CT molecular complexity index is 841. The third-order valence-electron chi connectivity index (χ3n) is 2.87. The first-order valence-corrected chi connectivity index (χ1v) is 9.51. The first-order chi connectivity index (χ1) is 10.7. The Labute approximate surface area is 157 Å². The molecule has 0 saturated carbocycles. The lowest BCUT2D eigenvalue weighted by atomic mass is 10.3. The number of hydrogen-bond donors (Lipinski definition) is 0. The summed E-state index contributed by atoms with van der Waals surface area (Å²) in [4.78, 5) is 11.3. The van der Waals surface area contributed by atoms with E-state index >= 15 is 0 Å². The van der Waals surface area contributed by atoms with Gasteiger partial charge in [-0.05, 0) is 48.0 Å². The molecular formula is C14H9BrCl3NO3S. The number of benzene rings is 2. The van der Waals surface area contributed by atoms with E-state index in [1.165, 1.54) is 30.3 Å². The van der Waals surface area contributed by atoms with Crippen LogP contribution in [0.2, 0.25) is 10.0 Å². The van der Waals surface area contributed by atoms with Crippen LogP contribution >= 0.6 is 50.7 Å². The van der Waals surface area contributed by atoms with E-state index in [1.807, 2.05) is 0 Å². The van der Waals surface area contributed by atoms with Gasteiger partial charge in [-0.1, -0.05) is 45.2 Å². The van der Waals surface area contributed by atoms with Crippen LogP contribution in [0.5, 0.6) is 0 Å². The Morgan fingerprint density at radius 1 is 1.09 bits per heavy atom. The minimum Gasteiger partial charge on any atom is -0.279 e. The van der Waals surface area contributed by atoms with Gasteiger partial charge in [0.2, 0.25) is 5.24 Å². The minimum atomic E-state index is -4.04. The highest BCUT2D eigenvalue weighted by molar-refractivity contribution is 9.10. The molecule has 23 heavy (non-hydrogen) atoms. The van der Waals surface area contributed by atoms with Crippen molar-refractivity contribution in [2.24, 2.45) is 0 Å². The average Bonchev–Trinajstić information content (AvgIpc) is 2.48. The number of hydrogen-bond acceptors (Lipinski definition) is 3. The fraction of sp³-hybridized carbons (Fsp3) is 0.0714. The van der Waals surface area contributed by atoms with Crippen LogP contribution in [0.1, 0.15) is 0 Å². The van der Waals surface area contributed by atoms with Gasteiger partial charge in [-0.2, -0.15) is 0 Å². The highest BCUT2D eigenvalue weighted by atomic mass is 79.9. The van der Waals surface area contributed by atoms with E-state index in [0.29, 0.717) is 0 Å². The number of carbonyl (C=O) groups is 1. The summed E-state index contributed by atoms with van der Waals surface area (Å²) in [7, 11) is -4.04. The molecule has 0 aliphatic carbocycles. The fourth-order valence-electron chi connectivity index (χ4n) is 1.83. The maximum absolute atomic E-state index is 12.8. The molecular weight excluding hydrogens is 448 g/mol. The molecule has 0 atom stereocenters. The van der Waals surface area contributed by atoms with Crippen molar-refractivity contribution in [3.8, 4) is 0 Å². The first-order valence-electron chi connectivity index (χ1n) is 6.14. The molecule has 0 saturated heterocycles. The molecule has 0 radical (unpaired) electrons. The van der Waals surface area contributed by atoms with Crippen molar-refractivity contribution in [1.29, 1.82) is 0 Å². The molecule has 0 aromatic heterocycles. The van der Waals surface area contributed by atoms with Gasteiger partial charge < -0.3 is 0 Å². The molecule has 0 unspecified atom stereocenters. The Kier molecular flexibility index (Phi) is 5.97. The van der Waals surface area contributed by atoms with Gasteiger partial charge in [-0.15, -0.1) is 0 Å². The first kappa shape index (κ1) is 18.5. The topological polar surface area (TPSA) is 54.5 Å². The summed E-state index contributed by atoms with van der Waals surface area (Å²) in [5.74, 6) is 0. The standard InChI is InChI=1S/C14H9BrCl3NO3S/c15-9-4-6-10(7-5-9)23(21,22)19(8-13(17)20)12-3-1-2-11(16)14(12)18/h1-7H,8H2. The molecule has 0 fully saturated rings. The van der Waals surface area contributed by atoms with Crippen LogP contribution in [0.25, 0.3) is 0 Å². The van der Waals surface area contributed by atoms with Gasteiger partial charge in [0.25, 0.3) is 10.0 Å². The van der Waals surface area contributed by atoms with Gasteiger partial charge in [-0.3, -0.25) is 9.10 Å². The van der Waals surface area contributed by atoms with Crippen molar-refractivity contribution in [3.05, 3.63) is 57.0 Å². The van der Waals surface area contributed by atoms with E-state index in [2.05, 4.69) is 15.9 Å². The molecule has 2 rings (SSSR count). The van der Waals surface area contributed by atoms with E-state index < -0.39 is 21.8 Å². The van der Waals surface area contributed by atoms with E-state index in [4.69, 9.17) is 34.8 Å². The SMILES string of the molecule is O=C(Cl)CN(c1cccc(Cl)c1Cl)S(=O)(=O)c1ccc(Br)cc1. The number of nitrogens with zero attached hydrogens (tertiary/aromatic N) is 1. The van der Waals surface area contributed by atoms with Gasteiger partial charge >= 0.3 is 0 Å². The lowest BCUT2D eigenvalue weighted by molar-refractivity contribution is -0.110. The van der Waals surface area contributed by atoms with Crippen molar-refractivity contribution in [1.82, 2.24) is 0 Å². The predicted octanol–water partition coefficient (Wildman–Crippen LogP) is 4.72. The minimum absolute atomic E-state index is 0.00495. The summed E-state index contributed by atoms with van der Waals surface area (Å²) >= 11 is 20.7. The number of sulfonamides is 1. The molecule has 9 heteroatoms. The molecule has 0 bridgehead atoms. The Balaban J connectivity index is 2.60.